The van der Waals surface area contributed by atoms with Crippen LogP contribution >= 0.6 is 11.6 Å². The average molecular weight is 514 g/mol. The molecule has 0 spiro atoms. The zero-order chi connectivity index (χ0) is 25.7. The summed E-state index contributed by atoms with van der Waals surface area (Å²) in [5.41, 5.74) is 1.92. The summed E-state index contributed by atoms with van der Waals surface area (Å²) < 4.78 is 5.49. The SMILES string of the molecule is CCOc1ccc(C(=O)N2C[C@@H](C)N(C(=O)NCC(=O)N3CCNCC3)Cc3ccccc32)c(Cl)c1. The number of carbonyl (C=O) groups excluding carboxylic acids is 3. The van der Waals surface area contributed by atoms with E-state index in [1.807, 2.05) is 38.1 Å². The molecule has 0 aliphatic carbocycles. The molecular weight excluding hydrogens is 482 g/mol. The van der Waals surface area contributed by atoms with E-state index >= 15 is 0 Å². The molecule has 36 heavy (non-hydrogen) atoms. The second-order valence-electron chi connectivity index (χ2n) is 8.89. The van der Waals surface area contributed by atoms with Gasteiger partial charge in [-0.3, -0.25) is 9.59 Å². The van der Waals surface area contributed by atoms with E-state index in [1.54, 1.807) is 32.9 Å². The Kier molecular flexibility index (Phi) is 8.32. The number of urea groups is 1. The number of nitrogens with zero attached hydrogens (tertiary/aromatic N) is 3. The zero-order valence-electron chi connectivity index (χ0n) is 20.6. The van der Waals surface area contributed by atoms with Gasteiger partial charge in [-0.1, -0.05) is 29.8 Å². The summed E-state index contributed by atoms with van der Waals surface area (Å²) in [5, 5.41) is 6.29. The van der Waals surface area contributed by atoms with Gasteiger partial charge in [0.05, 0.1) is 23.7 Å². The van der Waals surface area contributed by atoms with Crippen molar-refractivity contribution < 1.29 is 19.1 Å². The van der Waals surface area contributed by atoms with E-state index in [-0.39, 0.29) is 37.0 Å². The van der Waals surface area contributed by atoms with Crippen molar-refractivity contribution in [3.05, 3.63) is 58.6 Å². The normalized spacial score (nSPS) is 17.8. The van der Waals surface area contributed by atoms with E-state index in [9.17, 15) is 14.4 Å². The van der Waals surface area contributed by atoms with Crippen molar-refractivity contribution in [2.75, 3.05) is 50.8 Å². The van der Waals surface area contributed by atoms with Gasteiger partial charge < -0.3 is 30.1 Å². The maximum Gasteiger partial charge on any atom is 0.318 e. The van der Waals surface area contributed by atoms with Gasteiger partial charge in [0.15, 0.2) is 0 Å². The largest absolute Gasteiger partial charge is 0.494 e. The quantitative estimate of drug-likeness (QED) is 0.641. The second-order valence-corrected chi connectivity index (χ2v) is 9.29. The Morgan fingerprint density at radius 1 is 1.14 bits per heavy atom. The van der Waals surface area contributed by atoms with Crippen molar-refractivity contribution in [2.45, 2.75) is 26.4 Å². The molecule has 4 amide bonds. The Morgan fingerprint density at radius 3 is 2.61 bits per heavy atom. The topological polar surface area (TPSA) is 94.2 Å². The van der Waals surface area contributed by atoms with Gasteiger partial charge in [0.2, 0.25) is 5.91 Å². The first-order valence-electron chi connectivity index (χ1n) is 12.2. The van der Waals surface area contributed by atoms with Crippen molar-refractivity contribution in [1.82, 2.24) is 20.4 Å². The number of anilines is 1. The number of rotatable bonds is 5. The number of hydrogen-bond donors (Lipinski definition) is 2. The molecule has 4 rings (SSSR count). The highest BCUT2D eigenvalue weighted by atomic mass is 35.5. The van der Waals surface area contributed by atoms with Crippen LogP contribution in [0.1, 0.15) is 29.8 Å². The molecular formula is C26H32ClN5O4. The molecule has 0 radical (unpaired) electrons. The second kappa shape index (κ2) is 11.6. The van der Waals surface area contributed by atoms with Crippen LogP contribution in [0.15, 0.2) is 42.5 Å². The lowest BCUT2D eigenvalue weighted by Gasteiger charge is -2.30. The summed E-state index contributed by atoms with van der Waals surface area (Å²) in [6, 6.07) is 11.9. The Hall–Kier alpha value is -3.30. The van der Waals surface area contributed by atoms with Crippen LogP contribution in [0.4, 0.5) is 10.5 Å². The van der Waals surface area contributed by atoms with Crippen LogP contribution in [0, 0.1) is 0 Å². The molecule has 2 aliphatic rings. The minimum atomic E-state index is -0.339. The van der Waals surface area contributed by atoms with E-state index in [1.165, 1.54) is 0 Å². The first-order chi connectivity index (χ1) is 17.4. The molecule has 9 nitrogen and oxygen atoms in total. The van der Waals surface area contributed by atoms with E-state index in [0.29, 0.717) is 42.6 Å². The highest BCUT2D eigenvalue weighted by Crippen LogP contribution is 2.31. The standard InChI is InChI=1S/C26H32ClN5O4/c1-3-36-20-8-9-21(22(27)14-20)25(34)32-16-18(2)31(17-19-6-4-5-7-23(19)32)26(35)29-15-24(33)30-12-10-28-11-13-30/h4-9,14,18,28H,3,10-13,15-17H2,1-2H3,(H,29,35)/t18-/m1/s1. The number of benzene rings is 2. The van der Waals surface area contributed by atoms with Crippen molar-refractivity contribution in [3.63, 3.8) is 0 Å². The number of halogens is 1. The third-order valence-corrected chi connectivity index (χ3v) is 6.76. The van der Waals surface area contributed by atoms with Gasteiger partial charge in [0.1, 0.15) is 5.75 Å². The molecule has 1 saturated heterocycles. The lowest BCUT2D eigenvalue weighted by Crippen LogP contribution is -2.52. The smallest absolute Gasteiger partial charge is 0.318 e. The number of para-hydroxylation sites is 1. The van der Waals surface area contributed by atoms with Crippen LogP contribution in [-0.4, -0.2) is 79.6 Å². The molecule has 2 N–H and O–H groups in total. The summed E-state index contributed by atoms with van der Waals surface area (Å²) in [7, 11) is 0. The molecule has 0 unspecified atom stereocenters. The van der Waals surface area contributed by atoms with Gasteiger partial charge in [0.25, 0.3) is 5.91 Å². The van der Waals surface area contributed by atoms with Gasteiger partial charge in [-0.15, -0.1) is 0 Å². The Balaban J connectivity index is 1.51. The fourth-order valence-corrected chi connectivity index (χ4v) is 4.77. The average Bonchev–Trinajstić information content (AvgIpc) is 3.04. The van der Waals surface area contributed by atoms with Crippen molar-refractivity contribution in [3.8, 4) is 5.75 Å². The molecule has 0 aromatic heterocycles. The highest BCUT2D eigenvalue weighted by molar-refractivity contribution is 6.34. The van der Waals surface area contributed by atoms with E-state index < -0.39 is 0 Å². The Bertz CT molecular complexity index is 1120. The van der Waals surface area contributed by atoms with Crippen LogP contribution in [0.2, 0.25) is 5.02 Å². The predicted molar refractivity (Wildman–Crippen MR) is 139 cm³/mol. The molecule has 2 aromatic carbocycles. The summed E-state index contributed by atoms with van der Waals surface area (Å²) in [4.78, 5) is 44.4. The third-order valence-electron chi connectivity index (χ3n) is 6.45. The van der Waals surface area contributed by atoms with Crippen LogP contribution < -0.4 is 20.3 Å². The number of piperazine rings is 1. The van der Waals surface area contributed by atoms with Gasteiger partial charge in [0, 0.05) is 51.0 Å². The molecule has 10 heteroatoms. The number of hydrogen-bond acceptors (Lipinski definition) is 5. The lowest BCUT2D eigenvalue weighted by molar-refractivity contribution is -0.130. The van der Waals surface area contributed by atoms with Crippen LogP contribution in [0.5, 0.6) is 5.75 Å². The minimum absolute atomic E-state index is 0.0614. The van der Waals surface area contributed by atoms with Crippen molar-refractivity contribution in [1.29, 1.82) is 0 Å². The number of nitrogens with one attached hydrogen (secondary N) is 2. The molecule has 0 bridgehead atoms. The lowest BCUT2D eigenvalue weighted by atomic mass is 10.1. The van der Waals surface area contributed by atoms with E-state index in [2.05, 4.69) is 10.6 Å². The number of fused-ring (bicyclic) bond motifs is 1. The van der Waals surface area contributed by atoms with Crippen LogP contribution in [0.25, 0.3) is 0 Å². The summed E-state index contributed by atoms with van der Waals surface area (Å²) in [6.45, 7) is 7.57. The summed E-state index contributed by atoms with van der Waals surface area (Å²) in [5.74, 6) is 0.245. The first-order valence-corrected chi connectivity index (χ1v) is 12.6. The Morgan fingerprint density at radius 2 is 1.89 bits per heavy atom. The van der Waals surface area contributed by atoms with E-state index in [4.69, 9.17) is 16.3 Å². The molecule has 1 atom stereocenters. The van der Waals surface area contributed by atoms with Gasteiger partial charge >= 0.3 is 6.03 Å². The summed E-state index contributed by atoms with van der Waals surface area (Å²) >= 11 is 6.46. The van der Waals surface area contributed by atoms with Crippen LogP contribution in [0.3, 0.4) is 0 Å². The van der Waals surface area contributed by atoms with Crippen molar-refractivity contribution >= 4 is 35.1 Å². The van der Waals surface area contributed by atoms with E-state index in [0.717, 1.165) is 24.3 Å². The first kappa shape index (κ1) is 25.8. The molecule has 2 heterocycles. The molecule has 2 aliphatic heterocycles. The maximum atomic E-state index is 13.6. The third kappa shape index (κ3) is 5.74. The van der Waals surface area contributed by atoms with Gasteiger partial charge in [-0.05, 0) is 43.7 Å². The fraction of sp³-hybridized carbons (Fsp3) is 0.423. The van der Waals surface area contributed by atoms with Crippen molar-refractivity contribution in [2.24, 2.45) is 0 Å². The molecule has 1 fully saturated rings. The maximum absolute atomic E-state index is 13.6. The predicted octanol–water partition coefficient (Wildman–Crippen LogP) is 2.73. The number of carbonyl (C=O) groups is 3. The number of amides is 4. The molecule has 192 valence electrons. The zero-order valence-corrected chi connectivity index (χ0v) is 21.4. The monoisotopic (exact) mass is 513 g/mol. The minimum Gasteiger partial charge on any atom is -0.494 e. The van der Waals surface area contributed by atoms with Crippen LogP contribution in [-0.2, 0) is 11.3 Å². The van der Waals surface area contributed by atoms with Gasteiger partial charge in [-0.25, -0.2) is 4.79 Å². The summed E-state index contributed by atoms with van der Waals surface area (Å²) in [6.07, 6.45) is 0. The fourth-order valence-electron chi connectivity index (χ4n) is 4.52. The molecule has 0 saturated carbocycles. The molecule has 2 aromatic rings. The highest BCUT2D eigenvalue weighted by Gasteiger charge is 2.32. The number of ether oxygens (including phenoxy) is 1. The van der Waals surface area contributed by atoms with Gasteiger partial charge in [-0.2, -0.15) is 0 Å². The Labute approximate surface area is 216 Å².